The molecule has 0 radical (unpaired) electrons. The minimum Gasteiger partial charge on any atom is -0.464 e. The number of ether oxygens (including phenoxy) is 1. The fraction of sp³-hybridized carbons (Fsp3) is 0.462. The smallest absolute Gasteiger partial charge is 0.186 e. The molecule has 0 spiro atoms. The van der Waals surface area contributed by atoms with Crippen molar-refractivity contribution in [1.29, 1.82) is 0 Å². The van der Waals surface area contributed by atoms with Gasteiger partial charge < -0.3 is 15.0 Å². The predicted molar refractivity (Wildman–Crippen MR) is 70.8 cm³/mol. The van der Waals surface area contributed by atoms with Gasteiger partial charge in [0.15, 0.2) is 22.4 Å². The van der Waals surface area contributed by atoms with Crippen molar-refractivity contribution in [3.63, 3.8) is 0 Å². The number of hydrogen-bond acceptors (Lipinski definition) is 2. The van der Waals surface area contributed by atoms with Gasteiger partial charge in [0.05, 0.1) is 6.04 Å². The molecule has 1 N–H and O–H groups in total. The number of halogens is 1. The summed E-state index contributed by atoms with van der Waals surface area (Å²) in [7, 11) is 1.87. The first-order valence-corrected chi connectivity index (χ1v) is 6.37. The lowest BCUT2D eigenvalue weighted by Gasteiger charge is -2.54. The van der Waals surface area contributed by atoms with Crippen LogP contribution < -0.4 is 10.1 Å². The zero-order valence-electron chi connectivity index (χ0n) is 10.5. The lowest BCUT2D eigenvalue weighted by atomic mass is 9.81. The summed E-state index contributed by atoms with van der Waals surface area (Å²) >= 11 is 5.31. The van der Waals surface area contributed by atoms with Crippen LogP contribution in [0.1, 0.15) is 25.5 Å². The van der Waals surface area contributed by atoms with E-state index in [0.717, 1.165) is 5.56 Å². The second-order valence-corrected chi connectivity index (χ2v) is 5.48. The summed E-state index contributed by atoms with van der Waals surface area (Å²) in [4.78, 5) is 1.86. The number of para-hydroxylation sites is 1. The van der Waals surface area contributed by atoms with Crippen molar-refractivity contribution in [3.8, 4) is 5.75 Å². The van der Waals surface area contributed by atoms with Crippen LogP contribution in [0.3, 0.4) is 0 Å². The summed E-state index contributed by atoms with van der Waals surface area (Å²) in [6.07, 6.45) is 0. The third-order valence-corrected chi connectivity index (χ3v) is 4.63. The second-order valence-electron chi connectivity index (χ2n) is 5.09. The molecular weight excluding hydrogens is 251 g/mol. The van der Waals surface area contributed by atoms with Crippen LogP contribution in [0.25, 0.3) is 0 Å². The molecule has 2 heterocycles. The number of fused-ring (bicyclic) bond motifs is 4. The Balaban J connectivity index is 2.20. The Morgan fingerprint density at radius 1 is 1.50 bits per heavy atom. The molecule has 0 aliphatic carbocycles. The molecule has 2 bridgehead atoms. The van der Waals surface area contributed by atoms with Crippen molar-refractivity contribution in [2.24, 2.45) is 5.92 Å². The molecule has 1 aromatic rings. The van der Waals surface area contributed by atoms with Crippen molar-refractivity contribution < 1.29 is 9.13 Å². The normalized spacial score (nSPS) is 33.6. The highest BCUT2D eigenvalue weighted by Gasteiger charge is 2.52. The zero-order valence-corrected chi connectivity index (χ0v) is 11.3. The number of benzene rings is 1. The lowest BCUT2D eigenvalue weighted by Crippen LogP contribution is -2.67. The molecule has 1 fully saturated rings. The first kappa shape index (κ1) is 11.7. The first-order valence-electron chi connectivity index (χ1n) is 5.97. The summed E-state index contributed by atoms with van der Waals surface area (Å²) in [6, 6.07) is 5.01. The van der Waals surface area contributed by atoms with Gasteiger partial charge in [-0.3, -0.25) is 0 Å². The molecule has 0 saturated carbocycles. The molecule has 5 heteroatoms. The molecule has 3 atom stereocenters. The van der Waals surface area contributed by atoms with E-state index in [9.17, 15) is 4.39 Å². The zero-order chi connectivity index (χ0) is 13.1. The van der Waals surface area contributed by atoms with E-state index in [0.29, 0.717) is 10.9 Å². The predicted octanol–water partition coefficient (Wildman–Crippen LogP) is 2.43. The Morgan fingerprint density at radius 2 is 2.22 bits per heavy atom. The van der Waals surface area contributed by atoms with Crippen LogP contribution in [0, 0.1) is 11.7 Å². The van der Waals surface area contributed by atoms with Gasteiger partial charge in [0.25, 0.3) is 0 Å². The minimum atomic E-state index is -0.609. The first-order chi connectivity index (χ1) is 8.45. The fourth-order valence-electron chi connectivity index (χ4n) is 2.76. The van der Waals surface area contributed by atoms with Crippen LogP contribution in [0.15, 0.2) is 18.2 Å². The standard InChI is InChI=1S/C13H15FN2OS/c1-7-10-8-5-4-6-9(14)11(8)17-13(7,2)16(3)12(18)15-10/h4-7,10H,1-3H3,(H,15,18). The maximum Gasteiger partial charge on any atom is 0.186 e. The summed E-state index contributed by atoms with van der Waals surface area (Å²) in [6.45, 7) is 4.04. The molecule has 2 aliphatic rings. The molecule has 0 amide bonds. The SMILES string of the molecule is CC1C2NC(=S)N(C)C1(C)Oc1c(F)cccc12. The molecular formula is C13H15FN2OS. The molecule has 1 saturated heterocycles. The summed E-state index contributed by atoms with van der Waals surface area (Å²) in [5.74, 6) is 0.187. The Hall–Kier alpha value is -1.36. The van der Waals surface area contributed by atoms with Crippen molar-refractivity contribution in [3.05, 3.63) is 29.6 Å². The van der Waals surface area contributed by atoms with Crippen LogP contribution in [-0.2, 0) is 0 Å². The average molecular weight is 266 g/mol. The molecule has 96 valence electrons. The van der Waals surface area contributed by atoms with E-state index < -0.39 is 5.72 Å². The van der Waals surface area contributed by atoms with Gasteiger partial charge in [-0.1, -0.05) is 19.1 Å². The Labute approximate surface area is 111 Å². The molecule has 18 heavy (non-hydrogen) atoms. The van der Waals surface area contributed by atoms with Crippen LogP contribution in [0.4, 0.5) is 4.39 Å². The number of nitrogens with one attached hydrogen (secondary N) is 1. The molecule has 2 aliphatic heterocycles. The maximum atomic E-state index is 13.9. The average Bonchev–Trinajstić information content (AvgIpc) is 2.33. The largest absolute Gasteiger partial charge is 0.464 e. The van der Waals surface area contributed by atoms with Crippen molar-refractivity contribution in [2.75, 3.05) is 7.05 Å². The number of rotatable bonds is 0. The van der Waals surface area contributed by atoms with Gasteiger partial charge in [-0.15, -0.1) is 0 Å². The van der Waals surface area contributed by atoms with E-state index in [4.69, 9.17) is 17.0 Å². The highest BCUT2D eigenvalue weighted by molar-refractivity contribution is 7.80. The van der Waals surface area contributed by atoms with E-state index in [1.807, 2.05) is 24.9 Å². The lowest BCUT2D eigenvalue weighted by molar-refractivity contribution is -0.102. The summed E-state index contributed by atoms with van der Waals surface area (Å²) < 4.78 is 19.8. The van der Waals surface area contributed by atoms with Gasteiger partial charge in [0, 0.05) is 18.5 Å². The number of thiocarbonyl (C=S) groups is 1. The van der Waals surface area contributed by atoms with E-state index in [1.54, 1.807) is 6.07 Å². The molecule has 3 unspecified atom stereocenters. The van der Waals surface area contributed by atoms with Gasteiger partial charge in [0.2, 0.25) is 0 Å². The Kier molecular flexibility index (Phi) is 2.32. The summed E-state index contributed by atoms with van der Waals surface area (Å²) in [5, 5.41) is 3.90. The van der Waals surface area contributed by atoms with E-state index in [-0.39, 0.29) is 17.8 Å². The second kappa shape index (κ2) is 3.57. The minimum absolute atomic E-state index is 0.00171. The van der Waals surface area contributed by atoms with Crippen molar-refractivity contribution in [2.45, 2.75) is 25.6 Å². The van der Waals surface area contributed by atoms with Crippen LogP contribution in [0.5, 0.6) is 5.75 Å². The monoisotopic (exact) mass is 266 g/mol. The Morgan fingerprint density at radius 3 is 2.94 bits per heavy atom. The van der Waals surface area contributed by atoms with Crippen LogP contribution in [-0.4, -0.2) is 22.8 Å². The van der Waals surface area contributed by atoms with Crippen LogP contribution >= 0.6 is 12.2 Å². The van der Waals surface area contributed by atoms with Gasteiger partial charge in [-0.05, 0) is 25.2 Å². The topological polar surface area (TPSA) is 24.5 Å². The van der Waals surface area contributed by atoms with E-state index >= 15 is 0 Å². The van der Waals surface area contributed by atoms with E-state index in [1.165, 1.54) is 6.07 Å². The summed E-state index contributed by atoms with van der Waals surface area (Å²) in [5.41, 5.74) is 0.234. The van der Waals surface area contributed by atoms with Gasteiger partial charge >= 0.3 is 0 Å². The van der Waals surface area contributed by atoms with Crippen molar-refractivity contribution in [1.82, 2.24) is 10.2 Å². The molecule has 3 nitrogen and oxygen atoms in total. The highest BCUT2D eigenvalue weighted by Crippen LogP contribution is 2.47. The Bertz CT molecular complexity index is 536. The molecule has 3 rings (SSSR count). The van der Waals surface area contributed by atoms with E-state index in [2.05, 4.69) is 12.2 Å². The molecule has 1 aromatic carbocycles. The van der Waals surface area contributed by atoms with Gasteiger partial charge in [-0.2, -0.15) is 0 Å². The highest BCUT2D eigenvalue weighted by atomic mass is 32.1. The fourth-order valence-corrected chi connectivity index (χ4v) is 3.07. The van der Waals surface area contributed by atoms with Crippen LogP contribution in [0.2, 0.25) is 0 Å². The molecule has 0 aromatic heterocycles. The quantitative estimate of drug-likeness (QED) is 0.729. The number of nitrogens with zero attached hydrogens (tertiary/aromatic N) is 1. The third kappa shape index (κ3) is 1.31. The van der Waals surface area contributed by atoms with Gasteiger partial charge in [0.1, 0.15) is 0 Å². The number of hydrogen-bond donors (Lipinski definition) is 1. The van der Waals surface area contributed by atoms with Crippen molar-refractivity contribution >= 4 is 17.3 Å². The maximum absolute atomic E-state index is 13.9. The van der Waals surface area contributed by atoms with Gasteiger partial charge in [-0.25, -0.2) is 4.39 Å². The third-order valence-electron chi connectivity index (χ3n) is 4.24.